The van der Waals surface area contributed by atoms with Crippen molar-refractivity contribution in [3.63, 3.8) is 0 Å². The Balaban J connectivity index is 2.97. The molecule has 19 heavy (non-hydrogen) atoms. The van der Waals surface area contributed by atoms with Crippen LogP contribution in [0.25, 0.3) is 0 Å². The van der Waals surface area contributed by atoms with Crippen molar-refractivity contribution >= 4 is 21.9 Å². The lowest BCUT2D eigenvalue weighted by molar-refractivity contribution is 0.0526. The van der Waals surface area contributed by atoms with Crippen molar-refractivity contribution < 1.29 is 17.9 Å². The molecule has 1 rings (SSSR count). The molecule has 106 valence electrons. The average Bonchev–Trinajstić information content (AvgIpc) is 2.38. The van der Waals surface area contributed by atoms with E-state index in [1.807, 2.05) is 0 Å². The number of nitrogens with zero attached hydrogens (tertiary/aromatic N) is 2. The molecular weight excluding hydrogens is 268 g/mol. The van der Waals surface area contributed by atoms with Crippen LogP contribution in [0.4, 0.5) is 5.69 Å². The standard InChI is InChI=1S/C12H18N2O4S/c1-5-18-12(15)10-6-8-11(9-7-10)14(4)19(16,17)13(2)3/h6-9H,5H2,1-4H3. The predicted octanol–water partition coefficient (Wildman–Crippen LogP) is 1.11. The van der Waals surface area contributed by atoms with Gasteiger partial charge in [0.15, 0.2) is 0 Å². The summed E-state index contributed by atoms with van der Waals surface area (Å²) in [6, 6.07) is 6.20. The molecule has 1 aromatic carbocycles. The van der Waals surface area contributed by atoms with Gasteiger partial charge in [-0.05, 0) is 31.2 Å². The Labute approximate surface area is 113 Å². The number of ether oxygens (including phenoxy) is 1. The van der Waals surface area contributed by atoms with Crippen LogP contribution in [0.1, 0.15) is 17.3 Å². The Hall–Kier alpha value is -1.60. The third-order valence-corrected chi connectivity index (χ3v) is 4.38. The predicted molar refractivity (Wildman–Crippen MR) is 73.4 cm³/mol. The fourth-order valence-corrected chi connectivity index (χ4v) is 2.28. The monoisotopic (exact) mass is 286 g/mol. The SMILES string of the molecule is CCOC(=O)c1ccc(N(C)S(=O)(=O)N(C)C)cc1. The van der Waals surface area contributed by atoms with Crippen LogP contribution in [0.3, 0.4) is 0 Å². The summed E-state index contributed by atoms with van der Waals surface area (Å²) in [7, 11) is 0.845. The number of rotatable bonds is 5. The van der Waals surface area contributed by atoms with Crippen LogP contribution in [0.2, 0.25) is 0 Å². The largest absolute Gasteiger partial charge is 0.462 e. The van der Waals surface area contributed by atoms with Crippen LogP contribution in [0.15, 0.2) is 24.3 Å². The summed E-state index contributed by atoms with van der Waals surface area (Å²) in [4.78, 5) is 11.5. The third kappa shape index (κ3) is 3.45. The second-order valence-electron chi connectivity index (χ2n) is 4.03. The molecule has 7 heteroatoms. The van der Waals surface area contributed by atoms with Gasteiger partial charge in [0.1, 0.15) is 0 Å². The van der Waals surface area contributed by atoms with Gasteiger partial charge in [0.25, 0.3) is 0 Å². The molecule has 0 aliphatic rings. The third-order valence-electron chi connectivity index (χ3n) is 2.55. The maximum atomic E-state index is 11.9. The normalized spacial score (nSPS) is 11.4. The maximum absolute atomic E-state index is 11.9. The highest BCUT2D eigenvalue weighted by molar-refractivity contribution is 7.90. The molecule has 0 aliphatic carbocycles. The fraction of sp³-hybridized carbons (Fsp3) is 0.417. The summed E-state index contributed by atoms with van der Waals surface area (Å²) in [6.07, 6.45) is 0. The van der Waals surface area contributed by atoms with Crippen molar-refractivity contribution in [1.82, 2.24) is 4.31 Å². The zero-order valence-electron chi connectivity index (χ0n) is 11.5. The van der Waals surface area contributed by atoms with Gasteiger partial charge >= 0.3 is 16.2 Å². The van der Waals surface area contributed by atoms with Crippen LogP contribution in [0.5, 0.6) is 0 Å². The van der Waals surface area contributed by atoms with E-state index < -0.39 is 16.2 Å². The number of hydrogen-bond donors (Lipinski definition) is 0. The zero-order valence-corrected chi connectivity index (χ0v) is 12.3. The number of esters is 1. The second kappa shape index (κ2) is 6.03. The van der Waals surface area contributed by atoms with Gasteiger partial charge in [0.05, 0.1) is 17.9 Å². The molecular formula is C12H18N2O4S. The molecule has 0 N–H and O–H groups in total. The van der Waals surface area contributed by atoms with E-state index in [2.05, 4.69) is 0 Å². The summed E-state index contributed by atoms with van der Waals surface area (Å²) in [5, 5.41) is 0. The zero-order chi connectivity index (χ0) is 14.6. The summed E-state index contributed by atoms with van der Waals surface area (Å²) in [6.45, 7) is 2.03. The van der Waals surface area contributed by atoms with Crippen molar-refractivity contribution in [3.05, 3.63) is 29.8 Å². The first kappa shape index (κ1) is 15.5. The quantitative estimate of drug-likeness (QED) is 0.760. The van der Waals surface area contributed by atoms with Gasteiger partial charge in [-0.25, -0.2) is 4.79 Å². The van der Waals surface area contributed by atoms with Crippen LogP contribution in [0, 0.1) is 0 Å². The fourth-order valence-electron chi connectivity index (χ4n) is 1.40. The van der Waals surface area contributed by atoms with E-state index in [1.165, 1.54) is 33.3 Å². The van der Waals surface area contributed by atoms with Gasteiger partial charge in [-0.15, -0.1) is 0 Å². The molecule has 0 heterocycles. The Kier molecular flexibility index (Phi) is 4.90. The van der Waals surface area contributed by atoms with Crippen LogP contribution in [-0.4, -0.2) is 46.4 Å². The van der Waals surface area contributed by atoms with E-state index in [9.17, 15) is 13.2 Å². The molecule has 0 aliphatic heterocycles. The van der Waals surface area contributed by atoms with Crippen molar-refractivity contribution in [3.8, 4) is 0 Å². The smallest absolute Gasteiger partial charge is 0.338 e. The minimum absolute atomic E-state index is 0.301. The van der Waals surface area contributed by atoms with E-state index in [1.54, 1.807) is 19.1 Å². The molecule has 0 fully saturated rings. The van der Waals surface area contributed by atoms with Gasteiger partial charge in [-0.3, -0.25) is 4.31 Å². The summed E-state index contributed by atoms with van der Waals surface area (Å²) in [5.41, 5.74) is 0.864. The van der Waals surface area contributed by atoms with Gasteiger partial charge < -0.3 is 4.74 Å². The van der Waals surface area contributed by atoms with Crippen LogP contribution in [-0.2, 0) is 14.9 Å². The number of benzene rings is 1. The topological polar surface area (TPSA) is 66.9 Å². The molecule has 0 radical (unpaired) electrons. The van der Waals surface area contributed by atoms with Crippen LogP contribution < -0.4 is 4.31 Å². The van der Waals surface area contributed by atoms with Crippen LogP contribution >= 0.6 is 0 Å². The van der Waals surface area contributed by atoms with Gasteiger partial charge in [0.2, 0.25) is 0 Å². The van der Waals surface area contributed by atoms with E-state index in [0.29, 0.717) is 17.9 Å². The lowest BCUT2D eigenvalue weighted by Gasteiger charge is -2.23. The molecule has 0 amide bonds. The minimum atomic E-state index is -3.52. The van der Waals surface area contributed by atoms with E-state index in [4.69, 9.17) is 4.74 Å². The first-order valence-electron chi connectivity index (χ1n) is 5.74. The Morgan fingerprint density at radius 2 is 1.68 bits per heavy atom. The molecule has 1 aromatic rings. The average molecular weight is 286 g/mol. The van der Waals surface area contributed by atoms with E-state index >= 15 is 0 Å². The number of hydrogen-bond acceptors (Lipinski definition) is 4. The first-order valence-corrected chi connectivity index (χ1v) is 7.14. The minimum Gasteiger partial charge on any atom is -0.462 e. The highest BCUT2D eigenvalue weighted by Crippen LogP contribution is 2.18. The van der Waals surface area contributed by atoms with Gasteiger partial charge in [-0.2, -0.15) is 12.7 Å². The van der Waals surface area contributed by atoms with Crippen molar-refractivity contribution in [2.24, 2.45) is 0 Å². The molecule has 0 saturated heterocycles. The second-order valence-corrected chi connectivity index (χ2v) is 6.20. The van der Waals surface area contributed by atoms with Gasteiger partial charge in [-0.1, -0.05) is 0 Å². The number of carbonyl (C=O) groups is 1. The van der Waals surface area contributed by atoms with Gasteiger partial charge in [0, 0.05) is 21.1 Å². The molecule has 0 aromatic heterocycles. The van der Waals surface area contributed by atoms with E-state index in [0.717, 1.165) is 8.61 Å². The van der Waals surface area contributed by atoms with Crippen molar-refractivity contribution in [2.45, 2.75) is 6.92 Å². The molecule has 0 unspecified atom stereocenters. The Morgan fingerprint density at radius 1 is 1.16 bits per heavy atom. The lowest BCUT2D eigenvalue weighted by Crippen LogP contribution is -2.37. The summed E-state index contributed by atoms with van der Waals surface area (Å²) < 4.78 is 30.9. The first-order chi connectivity index (χ1) is 8.80. The maximum Gasteiger partial charge on any atom is 0.338 e. The summed E-state index contributed by atoms with van der Waals surface area (Å²) >= 11 is 0. The van der Waals surface area contributed by atoms with Crippen molar-refractivity contribution in [1.29, 1.82) is 0 Å². The molecule has 0 atom stereocenters. The number of carbonyl (C=O) groups excluding carboxylic acids is 1. The van der Waals surface area contributed by atoms with Crippen molar-refractivity contribution in [2.75, 3.05) is 32.1 Å². The highest BCUT2D eigenvalue weighted by atomic mass is 32.2. The highest BCUT2D eigenvalue weighted by Gasteiger charge is 2.21. The van der Waals surface area contributed by atoms with E-state index in [-0.39, 0.29) is 0 Å². The Bertz CT molecular complexity index is 537. The molecule has 0 spiro atoms. The lowest BCUT2D eigenvalue weighted by atomic mass is 10.2. The number of anilines is 1. The summed E-state index contributed by atoms with van der Waals surface area (Å²) in [5.74, 6) is -0.424. The molecule has 6 nitrogen and oxygen atoms in total. The molecule has 0 saturated carbocycles. The Morgan fingerprint density at radius 3 is 2.11 bits per heavy atom. The molecule has 0 bridgehead atoms.